The summed E-state index contributed by atoms with van der Waals surface area (Å²) in [6.07, 6.45) is -4.54. The van der Waals surface area contributed by atoms with E-state index in [9.17, 15) is 18.0 Å². The van der Waals surface area contributed by atoms with Crippen molar-refractivity contribution in [2.75, 3.05) is 0 Å². The number of rotatable bonds is 3. The molecule has 0 aliphatic carbocycles. The van der Waals surface area contributed by atoms with Crippen molar-refractivity contribution < 1.29 is 17.9 Å². The normalized spacial score (nSPS) is 11.7. The van der Waals surface area contributed by atoms with E-state index in [1.165, 1.54) is 18.2 Å². The summed E-state index contributed by atoms with van der Waals surface area (Å²) < 4.78 is 41.6. The SMILES string of the molecule is O=c1[nH]c2c(Br)cccc2cc1Cc1cccc(OC(F)(F)F)c1. The minimum absolute atomic E-state index is 0.201. The lowest BCUT2D eigenvalue weighted by Crippen LogP contribution is -2.17. The molecular formula is C17H11BrF3NO2. The van der Waals surface area contributed by atoms with Crippen molar-refractivity contribution in [3.05, 3.63) is 74.5 Å². The molecular weight excluding hydrogens is 387 g/mol. The van der Waals surface area contributed by atoms with Crippen molar-refractivity contribution >= 4 is 26.8 Å². The average Bonchev–Trinajstić information content (AvgIpc) is 2.48. The predicted octanol–water partition coefficient (Wildman–Crippen LogP) is 4.78. The van der Waals surface area contributed by atoms with Gasteiger partial charge in [-0.3, -0.25) is 4.79 Å². The van der Waals surface area contributed by atoms with E-state index in [1.54, 1.807) is 12.1 Å². The van der Waals surface area contributed by atoms with Crippen LogP contribution in [0.1, 0.15) is 11.1 Å². The molecule has 124 valence electrons. The van der Waals surface area contributed by atoms with Crippen molar-refractivity contribution in [1.82, 2.24) is 4.98 Å². The molecule has 24 heavy (non-hydrogen) atoms. The Morgan fingerprint density at radius 3 is 2.58 bits per heavy atom. The summed E-state index contributed by atoms with van der Waals surface area (Å²) in [4.78, 5) is 15.0. The number of H-pyrrole nitrogens is 1. The highest BCUT2D eigenvalue weighted by molar-refractivity contribution is 9.10. The van der Waals surface area contributed by atoms with E-state index in [-0.39, 0.29) is 17.7 Å². The molecule has 0 amide bonds. The van der Waals surface area contributed by atoms with Gasteiger partial charge in [0.25, 0.3) is 5.56 Å². The summed E-state index contributed by atoms with van der Waals surface area (Å²) in [5.41, 5.74) is 1.42. The number of aromatic amines is 1. The van der Waals surface area contributed by atoms with E-state index in [4.69, 9.17) is 0 Å². The smallest absolute Gasteiger partial charge is 0.406 e. The molecule has 0 spiro atoms. The van der Waals surface area contributed by atoms with E-state index in [0.717, 1.165) is 9.86 Å². The highest BCUT2D eigenvalue weighted by Gasteiger charge is 2.31. The quantitative estimate of drug-likeness (QED) is 0.690. The first-order valence-electron chi connectivity index (χ1n) is 6.97. The first-order chi connectivity index (χ1) is 11.3. The maximum Gasteiger partial charge on any atom is 0.573 e. The van der Waals surface area contributed by atoms with Gasteiger partial charge in [-0.1, -0.05) is 24.3 Å². The van der Waals surface area contributed by atoms with Gasteiger partial charge in [-0.05, 0) is 51.1 Å². The fourth-order valence-corrected chi connectivity index (χ4v) is 2.92. The van der Waals surface area contributed by atoms with Crippen LogP contribution in [0, 0.1) is 0 Å². The Balaban J connectivity index is 1.94. The Kier molecular flexibility index (Phi) is 4.36. The Hall–Kier alpha value is -2.28. The molecule has 0 unspecified atom stereocenters. The third kappa shape index (κ3) is 3.79. The van der Waals surface area contributed by atoms with E-state index in [2.05, 4.69) is 25.7 Å². The first-order valence-corrected chi connectivity index (χ1v) is 7.76. The maximum atomic E-state index is 12.3. The Bertz CT molecular complexity index is 950. The summed E-state index contributed by atoms with van der Waals surface area (Å²) in [6, 6.07) is 12.8. The summed E-state index contributed by atoms with van der Waals surface area (Å²) in [6.45, 7) is 0. The van der Waals surface area contributed by atoms with E-state index in [0.29, 0.717) is 16.6 Å². The first kappa shape index (κ1) is 16.6. The average molecular weight is 398 g/mol. The number of para-hydroxylation sites is 1. The summed E-state index contributed by atoms with van der Waals surface area (Å²) >= 11 is 3.37. The number of benzene rings is 2. The van der Waals surface area contributed by atoms with Gasteiger partial charge < -0.3 is 9.72 Å². The van der Waals surface area contributed by atoms with Crippen LogP contribution in [0.15, 0.2) is 57.8 Å². The van der Waals surface area contributed by atoms with Crippen LogP contribution in [0.2, 0.25) is 0 Å². The van der Waals surface area contributed by atoms with Gasteiger partial charge in [0.15, 0.2) is 0 Å². The largest absolute Gasteiger partial charge is 0.573 e. The molecule has 0 aliphatic heterocycles. The zero-order valence-electron chi connectivity index (χ0n) is 12.2. The second-order valence-corrected chi connectivity index (χ2v) is 6.05. The Labute approximate surface area is 143 Å². The van der Waals surface area contributed by atoms with Gasteiger partial charge in [-0.2, -0.15) is 0 Å². The van der Waals surface area contributed by atoms with Crippen LogP contribution in [0.3, 0.4) is 0 Å². The van der Waals surface area contributed by atoms with Crippen LogP contribution in [0.25, 0.3) is 10.9 Å². The van der Waals surface area contributed by atoms with Crippen LogP contribution in [0.4, 0.5) is 13.2 Å². The van der Waals surface area contributed by atoms with Gasteiger partial charge in [0.1, 0.15) is 5.75 Å². The summed E-state index contributed by atoms with van der Waals surface area (Å²) in [5, 5.41) is 0.835. The number of hydrogen-bond acceptors (Lipinski definition) is 2. The number of fused-ring (bicyclic) bond motifs is 1. The molecule has 3 rings (SSSR count). The third-order valence-corrected chi connectivity index (χ3v) is 4.09. The Morgan fingerprint density at radius 1 is 1.08 bits per heavy atom. The van der Waals surface area contributed by atoms with Gasteiger partial charge in [0.05, 0.1) is 5.52 Å². The minimum Gasteiger partial charge on any atom is -0.406 e. The lowest BCUT2D eigenvalue weighted by atomic mass is 10.0. The van der Waals surface area contributed by atoms with E-state index < -0.39 is 6.36 Å². The van der Waals surface area contributed by atoms with Crippen molar-refractivity contribution in [1.29, 1.82) is 0 Å². The number of aromatic nitrogens is 1. The second kappa shape index (κ2) is 6.32. The van der Waals surface area contributed by atoms with E-state index in [1.807, 2.05) is 18.2 Å². The summed E-state index contributed by atoms with van der Waals surface area (Å²) in [7, 11) is 0. The van der Waals surface area contributed by atoms with Crippen molar-refractivity contribution in [2.45, 2.75) is 12.8 Å². The number of hydrogen-bond donors (Lipinski definition) is 1. The zero-order chi connectivity index (χ0) is 17.3. The predicted molar refractivity (Wildman–Crippen MR) is 88.2 cm³/mol. The number of alkyl halides is 3. The molecule has 0 aliphatic rings. The van der Waals surface area contributed by atoms with Gasteiger partial charge in [-0.15, -0.1) is 13.2 Å². The molecule has 0 fully saturated rings. The van der Waals surface area contributed by atoms with Crippen LogP contribution in [-0.4, -0.2) is 11.3 Å². The van der Waals surface area contributed by atoms with Gasteiger partial charge in [0, 0.05) is 16.5 Å². The lowest BCUT2D eigenvalue weighted by Gasteiger charge is -2.10. The molecule has 1 aromatic heterocycles. The number of pyridine rings is 1. The molecule has 0 bridgehead atoms. The number of nitrogens with one attached hydrogen (secondary N) is 1. The standard InChI is InChI=1S/C17H11BrF3NO2/c18-14-6-2-4-11-9-12(16(23)22-15(11)14)7-10-3-1-5-13(8-10)24-17(19,20)21/h1-6,8-9H,7H2,(H,22,23). The Morgan fingerprint density at radius 2 is 1.83 bits per heavy atom. The molecule has 7 heteroatoms. The molecule has 1 N–H and O–H groups in total. The van der Waals surface area contributed by atoms with Crippen molar-refractivity contribution in [2.24, 2.45) is 0 Å². The number of halogens is 4. The molecule has 0 radical (unpaired) electrons. The van der Waals surface area contributed by atoms with Crippen molar-refractivity contribution in [3.63, 3.8) is 0 Å². The van der Waals surface area contributed by atoms with Crippen LogP contribution >= 0.6 is 15.9 Å². The second-order valence-electron chi connectivity index (χ2n) is 5.20. The van der Waals surface area contributed by atoms with E-state index >= 15 is 0 Å². The number of ether oxygens (including phenoxy) is 1. The summed E-state index contributed by atoms with van der Waals surface area (Å²) in [5.74, 6) is -0.306. The fourth-order valence-electron chi connectivity index (χ4n) is 2.44. The molecule has 0 saturated heterocycles. The molecule has 3 aromatic rings. The minimum atomic E-state index is -4.74. The molecule has 2 aromatic carbocycles. The van der Waals surface area contributed by atoms with Gasteiger partial charge >= 0.3 is 6.36 Å². The monoisotopic (exact) mass is 397 g/mol. The van der Waals surface area contributed by atoms with Crippen LogP contribution < -0.4 is 10.3 Å². The highest BCUT2D eigenvalue weighted by Crippen LogP contribution is 2.25. The molecule has 3 nitrogen and oxygen atoms in total. The zero-order valence-corrected chi connectivity index (χ0v) is 13.7. The van der Waals surface area contributed by atoms with Crippen LogP contribution in [0.5, 0.6) is 5.75 Å². The topological polar surface area (TPSA) is 42.1 Å². The van der Waals surface area contributed by atoms with Gasteiger partial charge in [-0.25, -0.2) is 0 Å². The highest BCUT2D eigenvalue weighted by atomic mass is 79.9. The maximum absolute atomic E-state index is 12.3. The van der Waals surface area contributed by atoms with Crippen LogP contribution in [-0.2, 0) is 6.42 Å². The van der Waals surface area contributed by atoms with Crippen molar-refractivity contribution in [3.8, 4) is 5.75 Å². The third-order valence-electron chi connectivity index (χ3n) is 3.43. The fraction of sp³-hybridized carbons (Fsp3) is 0.118. The lowest BCUT2D eigenvalue weighted by molar-refractivity contribution is -0.274. The molecule has 0 atom stereocenters. The van der Waals surface area contributed by atoms with Gasteiger partial charge in [0.2, 0.25) is 0 Å². The molecule has 1 heterocycles. The molecule has 0 saturated carbocycles.